The molecule has 1 aromatic rings. The van der Waals surface area contributed by atoms with Crippen LogP contribution in [0.5, 0.6) is 11.5 Å². The lowest BCUT2D eigenvalue weighted by atomic mass is 9.89. The average molecular weight is 344 g/mol. The van der Waals surface area contributed by atoms with Crippen LogP contribution in [0.3, 0.4) is 0 Å². The molecule has 2 heterocycles. The fourth-order valence-electron chi connectivity index (χ4n) is 2.92. The maximum atomic E-state index is 12.0. The summed E-state index contributed by atoms with van der Waals surface area (Å²) in [7, 11) is 0. The molecule has 0 spiro atoms. The van der Waals surface area contributed by atoms with Gasteiger partial charge in [0.2, 0.25) is 0 Å². The van der Waals surface area contributed by atoms with Gasteiger partial charge in [-0.3, -0.25) is 0 Å². The first-order chi connectivity index (χ1) is 11.8. The summed E-state index contributed by atoms with van der Waals surface area (Å²) >= 11 is 0. The topological polar surface area (TPSA) is 54.0 Å². The molecule has 3 rings (SSSR count). The van der Waals surface area contributed by atoms with Crippen molar-refractivity contribution in [3.63, 3.8) is 0 Å². The molecule has 0 amide bonds. The minimum absolute atomic E-state index is 0.211. The molecule has 2 aliphatic heterocycles. The van der Waals surface area contributed by atoms with E-state index in [0.717, 1.165) is 28.2 Å². The summed E-state index contributed by atoms with van der Waals surface area (Å²) in [5.74, 6) is 1.15. The zero-order valence-electron chi connectivity index (χ0n) is 15.1. The van der Waals surface area contributed by atoms with Gasteiger partial charge in [0.15, 0.2) is 6.79 Å². The number of allylic oxidation sites excluding steroid dienone is 1. The first-order valence-electron chi connectivity index (χ1n) is 8.44. The molecular weight excluding hydrogens is 320 g/mol. The predicted molar refractivity (Wildman–Crippen MR) is 94.6 cm³/mol. The summed E-state index contributed by atoms with van der Waals surface area (Å²) in [6.07, 6.45) is 5.67. The summed E-state index contributed by atoms with van der Waals surface area (Å²) < 4.78 is 22.7. The van der Waals surface area contributed by atoms with Crippen LogP contribution in [0.1, 0.15) is 38.8 Å². The van der Waals surface area contributed by atoms with Crippen LogP contribution in [0.2, 0.25) is 0 Å². The molecule has 2 aliphatic rings. The quantitative estimate of drug-likeness (QED) is 0.605. The van der Waals surface area contributed by atoms with Crippen molar-refractivity contribution in [3.8, 4) is 11.5 Å². The molecule has 1 unspecified atom stereocenters. The van der Waals surface area contributed by atoms with E-state index in [-0.39, 0.29) is 18.9 Å². The Morgan fingerprint density at radius 3 is 2.84 bits per heavy atom. The molecule has 0 aliphatic carbocycles. The number of hydrogen-bond donors (Lipinski definition) is 0. The molecule has 0 bridgehead atoms. The second-order valence-electron chi connectivity index (χ2n) is 7.09. The van der Waals surface area contributed by atoms with Crippen molar-refractivity contribution < 1.29 is 23.7 Å². The van der Waals surface area contributed by atoms with Crippen molar-refractivity contribution in [1.29, 1.82) is 0 Å². The molecule has 1 aromatic carbocycles. The lowest BCUT2D eigenvalue weighted by molar-refractivity contribution is -0.155. The minimum atomic E-state index is -0.625. The maximum Gasteiger partial charge on any atom is 0.331 e. The Hall–Kier alpha value is -2.27. The first kappa shape index (κ1) is 17.5. The van der Waals surface area contributed by atoms with Gasteiger partial charge in [-0.1, -0.05) is 17.7 Å². The average Bonchev–Trinajstić information content (AvgIpc) is 2.47. The van der Waals surface area contributed by atoms with E-state index in [1.807, 2.05) is 52.0 Å². The highest BCUT2D eigenvalue weighted by atomic mass is 16.7. The van der Waals surface area contributed by atoms with Gasteiger partial charge in [-0.25, -0.2) is 4.79 Å². The van der Waals surface area contributed by atoms with Crippen molar-refractivity contribution in [1.82, 2.24) is 0 Å². The highest BCUT2D eigenvalue weighted by molar-refractivity contribution is 5.82. The second kappa shape index (κ2) is 6.92. The summed E-state index contributed by atoms with van der Waals surface area (Å²) in [5, 5.41) is 0. The van der Waals surface area contributed by atoms with E-state index in [1.54, 1.807) is 0 Å². The molecule has 0 saturated carbocycles. The Labute approximate surface area is 148 Å². The lowest BCUT2D eigenvalue weighted by Gasteiger charge is -2.39. The Balaban J connectivity index is 1.89. The van der Waals surface area contributed by atoms with E-state index < -0.39 is 5.60 Å². The van der Waals surface area contributed by atoms with Gasteiger partial charge in [0.1, 0.15) is 23.2 Å². The molecule has 0 saturated heterocycles. The van der Waals surface area contributed by atoms with Gasteiger partial charge >= 0.3 is 5.97 Å². The normalized spacial score (nSPS) is 22.0. The number of carbonyl (C=O) groups is 1. The van der Waals surface area contributed by atoms with Crippen LogP contribution in [-0.2, 0) is 20.7 Å². The van der Waals surface area contributed by atoms with Crippen LogP contribution in [-0.4, -0.2) is 31.1 Å². The molecule has 0 fully saturated rings. The second-order valence-corrected chi connectivity index (χ2v) is 7.09. The van der Waals surface area contributed by atoms with Crippen LogP contribution >= 0.6 is 0 Å². The number of fused-ring (bicyclic) bond motifs is 2. The van der Waals surface area contributed by atoms with Gasteiger partial charge in [-0.05, 0) is 39.3 Å². The van der Waals surface area contributed by atoms with Crippen molar-refractivity contribution in [2.75, 3.05) is 13.4 Å². The van der Waals surface area contributed by atoms with E-state index in [0.29, 0.717) is 13.0 Å². The third kappa shape index (κ3) is 4.04. The number of benzene rings is 1. The zero-order valence-corrected chi connectivity index (χ0v) is 15.1. The van der Waals surface area contributed by atoms with Crippen LogP contribution in [0.25, 0.3) is 6.08 Å². The summed E-state index contributed by atoms with van der Waals surface area (Å²) in [6, 6.07) is 3.92. The van der Waals surface area contributed by atoms with Gasteiger partial charge in [0.05, 0.1) is 6.61 Å². The third-order valence-electron chi connectivity index (χ3n) is 4.22. The Morgan fingerprint density at radius 1 is 1.28 bits per heavy atom. The fourth-order valence-corrected chi connectivity index (χ4v) is 2.92. The van der Waals surface area contributed by atoms with Gasteiger partial charge < -0.3 is 18.9 Å². The van der Waals surface area contributed by atoms with Crippen LogP contribution in [0.15, 0.2) is 29.9 Å². The van der Waals surface area contributed by atoms with Gasteiger partial charge in [0, 0.05) is 24.1 Å². The van der Waals surface area contributed by atoms with Crippen LogP contribution < -0.4 is 9.47 Å². The maximum absolute atomic E-state index is 12.0. The molecule has 1 atom stereocenters. The minimum Gasteiger partial charge on any atom is -0.484 e. The molecule has 5 nitrogen and oxygen atoms in total. The van der Waals surface area contributed by atoms with Crippen molar-refractivity contribution >= 4 is 12.0 Å². The Bertz CT molecular complexity index is 726. The van der Waals surface area contributed by atoms with E-state index in [9.17, 15) is 4.79 Å². The van der Waals surface area contributed by atoms with Crippen molar-refractivity contribution in [2.24, 2.45) is 0 Å². The lowest BCUT2D eigenvalue weighted by Crippen LogP contribution is -2.48. The van der Waals surface area contributed by atoms with Crippen molar-refractivity contribution in [2.45, 2.75) is 45.8 Å². The van der Waals surface area contributed by atoms with E-state index in [2.05, 4.69) is 0 Å². The molecular formula is C20H24O5. The predicted octanol–water partition coefficient (Wildman–Crippen LogP) is 3.66. The molecule has 25 heavy (non-hydrogen) atoms. The highest BCUT2D eigenvalue weighted by Crippen LogP contribution is 2.39. The fraction of sp³-hybridized carbons (Fsp3) is 0.450. The van der Waals surface area contributed by atoms with Crippen molar-refractivity contribution in [3.05, 3.63) is 41.0 Å². The van der Waals surface area contributed by atoms with Gasteiger partial charge in [-0.2, -0.15) is 0 Å². The summed E-state index contributed by atoms with van der Waals surface area (Å²) in [5.41, 5.74) is 2.26. The Morgan fingerprint density at radius 2 is 2.08 bits per heavy atom. The molecule has 0 aromatic heterocycles. The van der Waals surface area contributed by atoms with E-state index >= 15 is 0 Å². The van der Waals surface area contributed by atoms with E-state index in [1.165, 1.54) is 6.08 Å². The summed E-state index contributed by atoms with van der Waals surface area (Å²) in [4.78, 5) is 12.0. The number of esters is 1. The summed E-state index contributed by atoms with van der Waals surface area (Å²) in [6.45, 7) is 8.32. The SMILES string of the molecule is CC(C)=CC(=O)OC1Cc2cc3c(cc2OC1(C)C)OCOC/C=C\3. The van der Waals surface area contributed by atoms with E-state index in [4.69, 9.17) is 18.9 Å². The largest absolute Gasteiger partial charge is 0.484 e. The molecule has 0 radical (unpaired) electrons. The Kier molecular flexibility index (Phi) is 4.86. The highest BCUT2D eigenvalue weighted by Gasteiger charge is 2.40. The first-order valence-corrected chi connectivity index (χ1v) is 8.44. The van der Waals surface area contributed by atoms with Crippen LogP contribution in [0, 0.1) is 0 Å². The number of hydrogen-bond acceptors (Lipinski definition) is 5. The number of ether oxygens (including phenoxy) is 4. The smallest absolute Gasteiger partial charge is 0.331 e. The van der Waals surface area contributed by atoms with Crippen LogP contribution in [0.4, 0.5) is 0 Å². The molecule has 5 heteroatoms. The monoisotopic (exact) mass is 344 g/mol. The molecule has 0 N–H and O–H groups in total. The zero-order chi connectivity index (χ0) is 18.0. The van der Waals surface area contributed by atoms with Gasteiger partial charge in [0.25, 0.3) is 0 Å². The van der Waals surface area contributed by atoms with Gasteiger partial charge in [-0.15, -0.1) is 0 Å². The number of carbonyl (C=O) groups excluding carboxylic acids is 1. The standard InChI is InChI=1S/C20H24O5/c1-13(2)8-19(21)24-18-10-15-9-14-6-5-7-22-12-23-16(14)11-17(15)25-20(18,3)4/h5-6,8-9,11,18H,7,10,12H2,1-4H3/b6-5-. The number of rotatable bonds is 2. The third-order valence-corrected chi connectivity index (χ3v) is 4.22. The molecule has 134 valence electrons.